The highest BCUT2D eigenvalue weighted by atomic mass is 19.3. The molecule has 0 radical (unpaired) electrons. The van der Waals surface area contributed by atoms with Crippen molar-refractivity contribution in [2.75, 3.05) is 20.2 Å². The highest BCUT2D eigenvalue weighted by Crippen LogP contribution is 2.24. The molecule has 1 fully saturated rings. The molecule has 0 unspecified atom stereocenters. The summed E-state index contributed by atoms with van der Waals surface area (Å²) < 4.78 is 35.1. The lowest BCUT2D eigenvalue weighted by Gasteiger charge is -2.32. The van der Waals surface area contributed by atoms with Crippen molar-refractivity contribution in [3.63, 3.8) is 0 Å². The van der Waals surface area contributed by atoms with Crippen LogP contribution in [0.15, 0.2) is 54.6 Å². The Morgan fingerprint density at radius 3 is 2.02 bits per heavy atom. The highest BCUT2D eigenvalue weighted by Gasteiger charge is 2.46. The van der Waals surface area contributed by atoms with Crippen LogP contribution in [-0.4, -0.2) is 78.6 Å². The second-order valence-electron chi connectivity index (χ2n) is 11.5. The maximum atomic E-state index is 15.0. The molecule has 12 heteroatoms. The summed E-state index contributed by atoms with van der Waals surface area (Å²) in [6.07, 6.45) is 0.736. The van der Waals surface area contributed by atoms with Gasteiger partial charge in [-0.2, -0.15) is 8.78 Å². The van der Waals surface area contributed by atoms with Crippen LogP contribution in [-0.2, 0) is 14.4 Å². The topological polar surface area (TPSA) is 134 Å². The van der Waals surface area contributed by atoms with Crippen LogP contribution in [0.1, 0.15) is 61.3 Å². The van der Waals surface area contributed by atoms with Crippen LogP contribution in [0.2, 0.25) is 0 Å². The molecule has 238 valence electrons. The predicted octanol–water partition coefficient (Wildman–Crippen LogP) is 3.22. The van der Waals surface area contributed by atoms with Gasteiger partial charge in [0.1, 0.15) is 17.8 Å². The standard InChI is InChI=1S/C32H40F2N4O6/c1-19(2)25(27(39)32(33,34)18-35-28(40)21-10-7-6-8-11-21)36-30(42)24-12-9-17-38(24)31(43)26(20(3)4)37-29(41)22-13-15-23(44-5)16-14-22/h6-8,10-11,13-16,19-20,24-26H,9,12,17-18H2,1-5H3,(H,35,40)(H,36,42)(H,37,41)/t24-,25-,26-/m0/s1. The molecule has 10 nitrogen and oxygen atoms in total. The molecule has 1 aliphatic heterocycles. The zero-order valence-electron chi connectivity index (χ0n) is 25.6. The van der Waals surface area contributed by atoms with E-state index < -0.39 is 65.9 Å². The SMILES string of the molecule is COc1ccc(C(=O)N[C@H](C(=O)N2CCC[C@H]2C(=O)N[C@H](C(=O)C(F)(F)CNC(=O)c2ccccc2)C(C)C)C(C)C)cc1. The summed E-state index contributed by atoms with van der Waals surface area (Å²) in [5.41, 5.74) is 0.481. The Bertz CT molecular complexity index is 1330. The van der Waals surface area contributed by atoms with Crippen LogP contribution < -0.4 is 20.7 Å². The Kier molecular flexibility index (Phi) is 11.6. The molecule has 0 bridgehead atoms. The van der Waals surface area contributed by atoms with Gasteiger partial charge in [-0.05, 0) is 61.1 Å². The molecule has 3 N–H and O–H groups in total. The fraction of sp³-hybridized carbons (Fsp3) is 0.469. The Morgan fingerprint density at radius 1 is 0.864 bits per heavy atom. The normalized spacial score (nSPS) is 16.3. The van der Waals surface area contributed by atoms with Crippen LogP contribution in [0.4, 0.5) is 8.78 Å². The first kappa shape index (κ1) is 34.1. The number of nitrogens with one attached hydrogen (secondary N) is 3. The molecule has 0 aliphatic carbocycles. The zero-order chi connectivity index (χ0) is 32.6. The molecular formula is C32H40F2N4O6. The number of rotatable bonds is 13. The number of carbonyl (C=O) groups is 5. The zero-order valence-corrected chi connectivity index (χ0v) is 25.6. The Morgan fingerprint density at radius 2 is 1.45 bits per heavy atom. The van der Waals surface area contributed by atoms with Crippen molar-refractivity contribution >= 4 is 29.4 Å². The maximum Gasteiger partial charge on any atom is 0.324 e. The number of carbonyl (C=O) groups excluding carboxylic acids is 5. The van der Waals surface area contributed by atoms with E-state index >= 15 is 8.78 Å². The number of hydrogen-bond acceptors (Lipinski definition) is 6. The monoisotopic (exact) mass is 614 g/mol. The molecule has 0 spiro atoms. The van der Waals surface area contributed by atoms with Crippen molar-refractivity contribution in [1.29, 1.82) is 0 Å². The summed E-state index contributed by atoms with van der Waals surface area (Å²) >= 11 is 0. The van der Waals surface area contributed by atoms with Gasteiger partial charge >= 0.3 is 5.92 Å². The number of methoxy groups -OCH3 is 1. The van der Waals surface area contributed by atoms with Crippen molar-refractivity contribution in [1.82, 2.24) is 20.9 Å². The van der Waals surface area contributed by atoms with Gasteiger partial charge < -0.3 is 25.6 Å². The predicted molar refractivity (Wildman–Crippen MR) is 159 cm³/mol. The second kappa shape index (κ2) is 14.9. The lowest BCUT2D eigenvalue weighted by Crippen LogP contribution is -2.59. The third-order valence-corrected chi connectivity index (χ3v) is 7.52. The minimum absolute atomic E-state index is 0.162. The van der Waals surface area contributed by atoms with E-state index in [0.29, 0.717) is 17.7 Å². The molecule has 3 atom stereocenters. The molecular weight excluding hydrogens is 574 g/mol. The number of ether oxygens (including phenoxy) is 1. The van der Waals surface area contributed by atoms with E-state index in [1.807, 2.05) is 0 Å². The maximum absolute atomic E-state index is 15.0. The minimum Gasteiger partial charge on any atom is -0.497 e. The molecule has 2 aromatic carbocycles. The molecule has 1 saturated heterocycles. The first-order chi connectivity index (χ1) is 20.8. The average Bonchev–Trinajstić information content (AvgIpc) is 3.51. The van der Waals surface area contributed by atoms with E-state index in [-0.39, 0.29) is 24.4 Å². The first-order valence-corrected chi connectivity index (χ1v) is 14.6. The summed E-state index contributed by atoms with van der Waals surface area (Å²) in [6.45, 7) is 5.53. The quantitative estimate of drug-likeness (QED) is 0.317. The summed E-state index contributed by atoms with van der Waals surface area (Å²) in [7, 11) is 1.50. The fourth-order valence-electron chi connectivity index (χ4n) is 4.94. The molecule has 1 aliphatic rings. The summed E-state index contributed by atoms with van der Waals surface area (Å²) in [6, 6.07) is 10.6. The summed E-state index contributed by atoms with van der Waals surface area (Å²) in [4.78, 5) is 66.5. The molecule has 1 heterocycles. The van der Waals surface area contributed by atoms with Gasteiger partial charge in [-0.1, -0.05) is 45.9 Å². The van der Waals surface area contributed by atoms with E-state index in [1.165, 1.54) is 38.0 Å². The number of hydrogen-bond donors (Lipinski definition) is 3. The number of benzene rings is 2. The van der Waals surface area contributed by atoms with Crippen LogP contribution in [0, 0.1) is 11.8 Å². The van der Waals surface area contributed by atoms with Gasteiger partial charge in [0.25, 0.3) is 11.8 Å². The number of halogens is 2. The summed E-state index contributed by atoms with van der Waals surface area (Å²) in [5, 5.41) is 7.27. The van der Waals surface area contributed by atoms with Crippen LogP contribution in [0.5, 0.6) is 5.75 Å². The second-order valence-corrected chi connectivity index (χ2v) is 11.5. The summed E-state index contributed by atoms with van der Waals surface area (Å²) in [5.74, 6) is -8.45. The minimum atomic E-state index is -3.97. The van der Waals surface area contributed by atoms with Crippen molar-refractivity contribution < 1.29 is 37.5 Å². The van der Waals surface area contributed by atoms with Gasteiger partial charge in [0.2, 0.25) is 17.6 Å². The Hall–Kier alpha value is -4.35. The third-order valence-electron chi connectivity index (χ3n) is 7.52. The van der Waals surface area contributed by atoms with Crippen molar-refractivity contribution in [3.05, 3.63) is 65.7 Å². The number of likely N-dealkylation sites (tertiary alicyclic amines) is 1. The lowest BCUT2D eigenvalue weighted by molar-refractivity contribution is -0.148. The number of Topliss-reactive ketones (excluding diaryl/α,β-unsaturated/α-hetero) is 1. The fourth-order valence-corrected chi connectivity index (χ4v) is 4.94. The van der Waals surface area contributed by atoms with E-state index in [1.54, 1.807) is 56.3 Å². The molecule has 0 saturated carbocycles. The number of nitrogens with zero attached hydrogens (tertiary/aromatic N) is 1. The average molecular weight is 615 g/mol. The van der Waals surface area contributed by atoms with Gasteiger partial charge in [0, 0.05) is 17.7 Å². The Balaban J connectivity index is 1.69. The molecule has 4 amide bonds. The van der Waals surface area contributed by atoms with Crippen molar-refractivity contribution in [2.24, 2.45) is 11.8 Å². The van der Waals surface area contributed by atoms with Gasteiger partial charge in [-0.3, -0.25) is 24.0 Å². The van der Waals surface area contributed by atoms with Gasteiger partial charge in [0.05, 0.1) is 19.7 Å². The van der Waals surface area contributed by atoms with E-state index in [9.17, 15) is 24.0 Å². The molecule has 2 aromatic rings. The van der Waals surface area contributed by atoms with Crippen molar-refractivity contribution in [2.45, 2.75) is 64.6 Å². The van der Waals surface area contributed by atoms with Crippen LogP contribution in [0.3, 0.4) is 0 Å². The largest absolute Gasteiger partial charge is 0.497 e. The third kappa shape index (κ3) is 8.39. The Labute approximate surface area is 255 Å². The number of amides is 4. The number of ketones is 1. The smallest absolute Gasteiger partial charge is 0.324 e. The van der Waals surface area contributed by atoms with Crippen molar-refractivity contribution in [3.8, 4) is 5.75 Å². The number of alkyl halides is 2. The van der Waals surface area contributed by atoms with E-state index in [2.05, 4.69) is 16.0 Å². The van der Waals surface area contributed by atoms with Gasteiger partial charge in [0.15, 0.2) is 0 Å². The lowest BCUT2D eigenvalue weighted by atomic mass is 9.95. The van der Waals surface area contributed by atoms with E-state index in [4.69, 9.17) is 4.74 Å². The van der Waals surface area contributed by atoms with Crippen LogP contribution >= 0.6 is 0 Å². The van der Waals surface area contributed by atoms with Gasteiger partial charge in [-0.25, -0.2) is 0 Å². The molecule has 44 heavy (non-hydrogen) atoms. The molecule has 0 aromatic heterocycles. The van der Waals surface area contributed by atoms with Crippen LogP contribution in [0.25, 0.3) is 0 Å². The first-order valence-electron chi connectivity index (χ1n) is 14.6. The highest BCUT2D eigenvalue weighted by molar-refractivity contribution is 6.00. The van der Waals surface area contributed by atoms with Gasteiger partial charge in [-0.15, -0.1) is 0 Å². The molecule has 3 rings (SSSR count). The van der Waals surface area contributed by atoms with E-state index in [0.717, 1.165) is 0 Å².